The van der Waals surface area contributed by atoms with Crippen molar-refractivity contribution in [2.75, 3.05) is 11.9 Å². The number of anilines is 1. The summed E-state index contributed by atoms with van der Waals surface area (Å²) in [6, 6.07) is 9.27. The number of rotatable bonds is 4. The minimum atomic E-state index is 0.188. The quantitative estimate of drug-likeness (QED) is 0.866. The largest absolute Gasteiger partial charge is 0.367 e. The Balaban J connectivity index is 1.73. The van der Waals surface area contributed by atoms with Gasteiger partial charge in [-0.05, 0) is 46.4 Å². The Hall–Kier alpha value is -1.91. The maximum Gasteiger partial charge on any atom is 0.170 e. The van der Waals surface area contributed by atoms with E-state index < -0.39 is 0 Å². The first-order valence-electron chi connectivity index (χ1n) is 7.53. The average Bonchev–Trinajstić information content (AvgIpc) is 3.18. The monoisotopic (exact) mass is 285 g/mol. The highest BCUT2D eigenvalue weighted by Crippen LogP contribution is 2.34. The van der Waals surface area contributed by atoms with Gasteiger partial charge in [-0.1, -0.05) is 32.9 Å². The zero-order valence-electron chi connectivity index (χ0n) is 13.2. The average molecular weight is 285 g/mol. The lowest BCUT2D eigenvalue weighted by molar-refractivity contribution is 0.578. The highest BCUT2D eigenvalue weighted by atomic mass is 15.6. The predicted octanol–water partition coefficient (Wildman–Crippen LogP) is 2.94. The first-order chi connectivity index (χ1) is 9.95. The van der Waals surface area contributed by atoms with Crippen LogP contribution in [0.15, 0.2) is 24.3 Å². The van der Waals surface area contributed by atoms with Crippen LogP contribution in [0.4, 0.5) is 5.69 Å². The molecule has 1 aliphatic carbocycles. The molecule has 1 aromatic carbocycles. The third-order valence-electron chi connectivity index (χ3n) is 4.01. The van der Waals surface area contributed by atoms with Gasteiger partial charge < -0.3 is 4.90 Å². The minimum Gasteiger partial charge on any atom is -0.367 e. The molecule has 112 valence electrons. The Kier molecular flexibility index (Phi) is 3.43. The summed E-state index contributed by atoms with van der Waals surface area (Å²) in [6.07, 6.45) is 2.39. The zero-order valence-corrected chi connectivity index (χ0v) is 13.2. The lowest BCUT2D eigenvalue weighted by Gasteiger charge is -2.22. The van der Waals surface area contributed by atoms with Crippen molar-refractivity contribution in [3.8, 4) is 0 Å². The van der Waals surface area contributed by atoms with Crippen LogP contribution < -0.4 is 4.90 Å². The smallest absolute Gasteiger partial charge is 0.170 e. The van der Waals surface area contributed by atoms with Crippen LogP contribution in [0.25, 0.3) is 0 Å². The van der Waals surface area contributed by atoms with Gasteiger partial charge in [-0.25, -0.2) is 4.68 Å². The Morgan fingerprint density at radius 3 is 2.43 bits per heavy atom. The third-order valence-corrected chi connectivity index (χ3v) is 4.01. The van der Waals surface area contributed by atoms with Crippen molar-refractivity contribution in [2.45, 2.75) is 51.6 Å². The molecule has 0 aliphatic heterocycles. The molecule has 0 N–H and O–H groups in total. The van der Waals surface area contributed by atoms with Gasteiger partial charge in [0.15, 0.2) is 5.82 Å². The summed E-state index contributed by atoms with van der Waals surface area (Å²) in [7, 11) is 2.08. The van der Waals surface area contributed by atoms with Gasteiger partial charge in [0.2, 0.25) is 0 Å². The molecule has 2 aromatic rings. The molecular weight excluding hydrogens is 262 g/mol. The zero-order chi connectivity index (χ0) is 15.0. The van der Waals surface area contributed by atoms with E-state index in [9.17, 15) is 0 Å². The van der Waals surface area contributed by atoms with Crippen LogP contribution >= 0.6 is 0 Å². The fourth-order valence-corrected chi connectivity index (χ4v) is 2.44. The van der Waals surface area contributed by atoms with Crippen LogP contribution in [0, 0.1) is 0 Å². The maximum absolute atomic E-state index is 4.16. The summed E-state index contributed by atoms with van der Waals surface area (Å²) in [5, 5.41) is 12.1. The van der Waals surface area contributed by atoms with Gasteiger partial charge in [0.05, 0.1) is 12.6 Å². The minimum absolute atomic E-state index is 0.188. The SMILES string of the molecule is CN(Cc1nnnn1C1CC1)c1ccc(C(C)(C)C)cc1. The third kappa shape index (κ3) is 3.06. The van der Waals surface area contributed by atoms with E-state index in [4.69, 9.17) is 0 Å². The molecule has 0 atom stereocenters. The van der Waals surface area contributed by atoms with Crippen LogP contribution in [0.3, 0.4) is 0 Å². The van der Waals surface area contributed by atoms with Gasteiger partial charge in [-0.2, -0.15) is 0 Å². The molecule has 21 heavy (non-hydrogen) atoms. The van der Waals surface area contributed by atoms with Crippen molar-refractivity contribution in [1.82, 2.24) is 20.2 Å². The molecule has 0 saturated heterocycles. The number of hydrogen-bond acceptors (Lipinski definition) is 4. The molecule has 0 amide bonds. The van der Waals surface area contributed by atoms with E-state index in [1.807, 2.05) is 4.68 Å². The van der Waals surface area contributed by atoms with E-state index in [0.717, 1.165) is 12.4 Å². The molecule has 1 saturated carbocycles. The molecule has 0 spiro atoms. The van der Waals surface area contributed by atoms with E-state index in [0.29, 0.717) is 6.04 Å². The van der Waals surface area contributed by atoms with Gasteiger partial charge in [0.25, 0.3) is 0 Å². The van der Waals surface area contributed by atoms with Gasteiger partial charge >= 0.3 is 0 Å². The number of tetrazole rings is 1. The molecule has 0 unspecified atom stereocenters. The Morgan fingerprint density at radius 2 is 1.86 bits per heavy atom. The summed E-state index contributed by atoms with van der Waals surface area (Å²) < 4.78 is 1.97. The molecule has 1 heterocycles. The lowest BCUT2D eigenvalue weighted by Crippen LogP contribution is -2.20. The highest BCUT2D eigenvalue weighted by molar-refractivity contribution is 5.47. The first-order valence-corrected chi connectivity index (χ1v) is 7.53. The van der Waals surface area contributed by atoms with Crippen molar-refractivity contribution in [3.63, 3.8) is 0 Å². The van der Waals surface area contributed by atoms with Gasteiger partial charge in [-0.3, -0.25) is 0 Å². The van der Waals surface area contributed by atoms with Crippen LogP contribution in [0.2, 0.25) is 0 Å². The summed E-state index contributed by atoms with van der Waals surface area (Å²) in [5.41, 5.74) is 2.73. The van der Waals surface area contributed by atoms with Crippen LogP contribution in [-0.4, -0.2) is 27.3 Å². The van der Waals surface area contributed by atoms with Gasteiger partial charge in [0.1, 0.15) is 0 Å². The molecule has 0 radical (unpaired) electrons. The standard InChI is InChI=1S/C16H23N5/c1-16(2,3)12-5-7-13(8-6-12)20(4)11-15-17-18-19-21(15)14-9-10-14/h5-8,14H,9-11H2,1-4H3. The molecule has 3 rings (SSSR count). The molecule has 5 nitrogen and oxygen atoms in total. The van der Waals surface area contributed by atoms with E-state index in [2.05, 4.69) is 72.5 Å². The summed E-state index contributed by atoms with van der Waals surface area (Å²) in [4.78, 5) is 2.19. The van der Waals surface area contributed by atoms with E-state index >= 15 is 0 Å². The maximum atomic E-state index is 4.16. The molecule has 0 bridgehead atoms. The van der Waals surface area contributed by atoms with Crippen molar-refractivity contribution < 1.29 is 0 Å². The fraction of sp³-hybridized carbons (Fsp3) is 0.562. The number of benzene rings is 1. The van der Waals surface area contributed by atoms with Crippen molar-refractivity contribution in [2.24, 2.45) is 0 Å². The topological polar surface area (TPSA) is 46.8 Å². The highest BCUT2D eigenvalue weighted by Gasteiger charge is 2.28. The number of aromatic nitrogens is 4. The summed E-state index contributed by atoms with van der Waals surface area (Å²) >= 11 is 0. The van der Waals surface area contributed by atoms with E-state index in [1.54, 1.807) is 0 Å². The Labute approximate surface area is 126 Å². The van der Waals surface area contributed by atoms with Gasteiger partial charge in [-0.15, -0.1) is 5.10 Å². The number of nitrogens with zero attached hydrogens (tertiary/aromatic N) is 5. The molecule has 1 fully saturated rings. The number of hydrogen-bond donors (Lipinski definition) is 0. The second kappa shape index (κ2) is 5.13. The molecule has 1 aromatic heterocycles. The van der Waals surface area contributed by atoms with E-state index in [-0.39, 0.29) is 5.41 Å². The fourth-order valence-electron chi connectivity index (χ4n) is 2.44. The van der Waals surface area contributed by atoms with Crippen molar-refractivity contribution in [1.29, 1.82) is 0 Å². The Bertz CT molecular complexity index is 604. The summed E-state index contributed by atoms with van der Waals surface area (Å²) in [6.45, 7) is 7.43. The molecular formula is C16H23N5. The van der Waals surface area contributed by atoms with Crippen LogP contribution in [0.5, 0.6) is 0 Å². The van der Waals surface area contributed by atoms with Crippen LogP contribution in [-0.2, 0) is 12.0 Å². The van der Waals surface area contributed by atoms with Gasteiger partial charge in [0, 0.05) is 12.7 Å². The second-order valence-electron chi connectivity index (χ2n) is 6.92. The Morgan fingerprint density at radius 1 is 1.19 bits per heavy atom. The molecule has 5 heteroatoms. The predicted molar refractivity (Wildman–Crippen MR) is 83.3 cm³/mol. The normalized spacial score (nSPS) is 15.2. The van der Waals surface area contributed by atoms with E-state index in [1.165, 1.54) is 24.1 Å². The van der Waals surface area contributed by atoms with Crippen molar-refractivity contribution >= 4 is 5.69 Å². The second-order valence-corrected chi connectivity index (χ2v) is 6.92. The molecule has 1 aliphatic rings. The van der Waals surface area contributed by atoms with Crippen LogP contribution in [0.1, 0.15) is 51.0 Å². The summed E-state index contributed by atoms with van der Waals surface area (Å²) in [5.74, 6) is 0.944. The van der Waals surface area contributed by atoms with Crippen molar-refractivity contribution in [3.05, 3.63) is 35.7 Å². The lowest BCUT2D eigenvalue weighted by atomic mass is 9.87. The first kappa shape index (κ1) is 14.0.